The van der Waals surface area contributed by atoms with Gasteiger partial charge in [0.2, 0.25) is 11.8 Å². The molecule has 0 fully saturated rings. The summed E-state index contributed by atoms with van der Waals surface area (Å²) in [7, 11) is 1.59. The molecule has 1 atom stereocenters. The van der Waals surface area contributed by atoms with Crippen LogP contribution in [0.2, 0.25) is 0 Å². The van der Waals surface area contributed by atoms with E-state index in [4.69, 9.17) is 9.15 Å². The molecule has 3 aromatic rings. The fourth-order valence-corrected chi connectivity index (χ4v) is 2.89. The van der Waals surface area contributed by atoms with Crippen LogP contribution in [0, 0.1) is 0 Å². The van der Waals surface area contributed by atoms with Gasteiger partial charge in [-0.25, -0.2) is 4.79 Å². The highest BCUT2D eigenvalue weighted by Crippen LogP contribution is 2.27. The van der Waals surface area contributed by atoms with Crippen LogP contribution in [0.15, 0.2) is 64.2 Å². The molecule has 144 valence electrons. The van der Waals surface area contributed by atoms with Crippen molar-refractivity contribution >= 4 is 29.4 Å². The highest BCUT2D eigenvalue weighted by molar-refractivity contribution is 8.00. The summed E-state index contributed by atoms with van der Waals surface area (Å²) in [6.45, 7) is 1.65. The molecule has 0 aliphatic carbocycles. The van der Waals surface area contributed by atoms with Gasteiger partial charge in [0.25, 0.3) is 5.22 Å². The number of rotatable bonds is 6. The number of nitrogens with zero attached hydrogens (tertiary/aromatic N) is 2. The van der Waals surface area contributed by atoms with E-state index in [0.29, 0.717) is 11.6 Å². The Hall–Kier alpha value is -3.33. The number of benzene rings is 2. The van der Waals surface area contributed by atoms with Gasteiger partial charge in [0.1, 0.15) is 5.75 Å². The van der Waals surface area contributed by atoms with Crippen LogP contribution in [0.5, 0.6) is 5.75 Å². The van der Waals surface area contributed by atoms with Gasteiger partial charge < -0.3 is 14.5 Å². The largest absolute Gasteiger partial charge is 0.497 e. The fraction of sp³-hybridized carbons (Fsp3) is 0.158. The van der Waals surface area contributed by atoms with Crippen LogP contribution < -0.4 is 15.4 Å². The third-order valence-electron chi connectivity index (χ3n) is 3.66. The van der Waals surface area contributed by atoms with E-state index in [9.17, 15) is 9.59 Å². The number of carbonyl (C=O) groups is 2. The van der Waals surface area contributed by atoms with Gasteiger partial charge in [-0.1, -0.05) is 30.0 Å². The zero-order valence-electron chi connectivity index (χ0n) is 15.2. The number of carbonyl (C=O) groups excluding carboxylic acids is 2. The number of hydrogen-bond acceptors (Lipinski definition) is 7. The van der Waals surface area contributed by atoms with Crippen LogP contribution in [-0.4, -0.2) is 34.5 Å². The minimum Gasteiger partial charge on any atom is -0.497 e. The first-order valence-corrected chi connectivity index (χ1v) is 9.24. The molecule has 2 N–H and O–H groups in total. The lowest BCUT2D eigenvalue weighted by molar-refractivity contribution is -0.119. The van der Waals surface area contributed by atoms with Crippen LogP contribution in [0.4, 0.5) is 10.5 Å². The SMILES string of the molecule is COc1ccc(-c2nnc(SC(C)C(=O)NC(=O)Nc3ccccc3)o2)cc1. The lowest BCUT2D eigenvalue weighted by Crippen LogP contribution is -2.38. The average Bonchev–Trinajstić information content (AvgIpc) is 3.17. The number of amides is 3. The Balaban J connectivity index is 1.55. The van der Waals surface area contributed by atoms with Crippen molar-refractivity contribution in [1.82, 2.24) is 15.5 Å². The second kappa shape index (κ2) is 9.05. The molecule has 3 amide bonds. The lowest BCUT2D eigenvalue weighted by Gasteiger charge is -2.10. The number of aromatic nitrogens is 2. The Bertz CT molecular complexity index is 944. The average molecular weight is 398 g/mol. The van der Waals surface area contributed by atoms with Gasteiger partial charge in [0.05, 0.1) is 12.4 Å². The minimum absolute atomic E-state index is 0.233. The second-order valence-corrected chi connectivity index (χ2v) is 6.96. The predicted molar refractivity (Wildman–Crippen MR) is 105 cm³/mol. The molecule has 28 heavy (non-hydrogen) atoms. The Kier molecular flexibility index (Phi) is 6.28. The zero-order valence-corrected chi connectivity index (χ0v) is 16.0. The molecule has 0 radical (unpaired) electrons. The van der Waals surface area contributed by atoms with Gasteiger partial charge in [-0.2, -0.15) is 0 Å². The number of ether oxygens (including phenoxy) is 1. The number of methoxy groups -OCH3 is 1. The van der Waals surface area contributed by atoms with Crippen LogP contribution in [0.1, 0.15) is 6.92 Å². The molecule has 0 saturated carbocycles. The van der Waals surface area contributed by atoms with E-state index in [1.807, 2.05) is 6.07 Å². The summed E-state index contributed by atoms with van der Waals surface area (Å²) in [4.78, 5) is 24.1. The van der Waals surface area contributed by atoms with Crippen molar-refractivity contribution in [2.45, 2.75) is 17.4 Å². The summed E-state index contributed by atoms with van der Waals surface area (Å²) in [6, 6.07) is 15.4. The highest BCUT2D eigenvalue weighted by atomic mass is 32.2. The topological polar surface area (TPSA) is 106 Å². The lowest BCUT2D eigenvalue weighted by atomic mass is 10.2. The maximum Gasteiger partial charge on any atom is 0.325 e. The summed E-state index contributed by atoms with van der Waals surface area (Å²) in [5, 5.41) is 12.4. The number of imide groups is 1. The van der Waals surface area contributed by atoms with E-state index >= 15 is 0 Å². The van der Waals surface area contributed by atoms with Gasteiger partial charge in [-0.05, 0) is 43.3 Å². The summed E-state index contributed by atoms with van der Waals surface area (Å²) in [5.41, 5.74) is 1.33. The maximum atomic E-state index is 12.2. The zero-order chi connectivity index (χ0) is 19.9. The molecular formula is C19H18N4O4S. The van der Waals surface area contributed by atoms with E-state index in [1.165, 1.54) is 0 Å². The van der Waals surface area contributed by atoms with Gasteiger partial charge in [0, 0.05) is 11.3 Å². The number of urea groups is 1. The predicted octanol–water partition coefficient (Wildman–Crippen LogP) is 3.57. The number of hydrogen-bond donors (Lipinski definition) is 2. The van der Waals surface area contributed by atoms with Crippen molar-refractivity contribution in [1.29, 1.82) is 0 Å². The van der Waals surface area contributed by atoms with Crippen molar-refractivity contribution in [2.24, 2.45) is 0 Å². The van der Waals surface area contributed by atoms with E-state index < -0.39 is 17.2 Å². The Morgan fingerprint density at radius 1 is 1.07 bits per heavy atom. The third-order valence-corrected chi connectivity index (χ3v) is 4.59. The monoisotopic (exact) mass is 398 g/mol. The molecule has 0 bridgehead atoms. The molecule has 1 aromatic heterocycles. The number of para-hydroxylation sites is 1. The van der Waals surface area contributed by atoms with E-state index in [0.717, 1.165) is 23.1 Å². The summed E-state index contributed by atoms with van der Waals surface area (Å²) in [6.07, 6.45) is 0. The van der Waals surface area contributed by atoms with Gasteiger partial charge >= 0.3 is 6.03 Å². The van der Waals surface area contributed by atoms with Crippen molar-refractivity contribution < 1.29 is 18.7 Å². The molecule has 0 aliphatic heterocycles. The molecule has 8 nitrogen and oxygen atoms in total. The standard InChI is InChI=1S/C19H18N4O4S/c1-12(16(24)21-18(25)20-14-6-4-3-5-7-14)28-19-23-22-17(27-19)13-8-10-15(26-2)11-9-13/h3-12H,1-2H3,(H2,20,21,24,25). The summed E-state index contributed by atoms with van der Waals surface area (Å²) >= 11 is 1.07. The first kappa shape index (κ1) is 19.4. The van der Waals surface area contributed by atoms with Crippen LogP contribution in [-0.2, 0) is 4.79 Å². The second-order valence-electron chi connectivity index (χ2n) is 5.67. The van der Waals surface area contributed by atoms with Crippen LogP contribution in [0.3, 0.4) is 0 Å². The molecule has 0 saturated heterocycles. The Labute approximate surface area is 165 Å². The van der Waals surface area contributed by atoms with Crippen molar-refractivity contribution in [3.8, 4) is 17.2 Å². The summed E-state index contributed by atoms with van der Waals surface area (Å²) in [5.74, 6) is 0.583. The molecule has 0 spiro atoms. The van der Waals surface area contributed by atoms with Gasteiger partial charge in [-0.3, -0.25) is 10.1 Å². The maximum absolute atomic E-state index is 12.2. The van der Waals surface area contributed by atoms with Gasteiger partial charge in [-0.15, -0.1) is 10.2 Å². The van der Waals surface area contributed by atoms with Crippen LogP contribution >= 0.6 is 11.8 Å². The van der Waals surface area contributed by atoms with Crippen molar-refractivity contribution in [3.63, 3.8) is 0 Å². The quantitative estimate of drug-likeness (QED) is 0.611. The van der Waals surface area contributed by atoms with Gasteiger partial charge in [0.15, 0.2) is 0 Å². The number of anilines is 1. The molecule has 0 aliphatic rings. The first-order valence-electron chi connectivity index (χ1n) is 8.36. The smallest absolute Gasteiger partial charge is 0.325 e. The number of nitrogens with one attached hydrogen (secondary N) is 2. The van der Waals surface area contributed by atoms with Crippen molar-refractivity contribution in [3.05, 3.63) is 54.6 Å². The molecule has 3 rings (SSSR count). The highest BCUT2D eigenvalue weighted by Gasteiger charge is 2.20. The molecule has 1 unspecified atom stereocenters. The minimum atomic E-state index is -0.606. The Morgan fingerprint density at radius 2 is 1.79 bits per heavy atom. The van der Waals surface area contributed by atoms with E-state index in [-0.39, 0.29) is 5.22 Å². The third kappa shape index (κ3) is 5.10. The first-order chi connectivity index (χ1) is 13.5. The normalized spacial score (nSPS) is 11.5. The summed E-state index contributed by atoms with van der Waals surface area (Å²) < 4.78 is 10.7. The molecular weight excluding hydrogens is 380 g/mol. The Morgan fingerprint density at radius 3 is 2.46 bits per heavy atom. The van der Waals surface area contributed by atoms with E-state index in [2.05, 4.69) is 20.8 Å². The van der Waals surface area contributed by atoms with Crippen molar-refractivity contribution in [2.75, 3.05) is 12.4 Å². The molecule has 9 heteroatoms. The van der Waals surface area contributed by atoms with E-state index in [1.54, 1.807) is 62.6 Å². The number of thioether (sulfide) groups is 1. The molecule has 1 heterocycles. The molecule has 2 aromatic carbocycles. The van der Waals surface area contributed by atoms with Crippen LogP contribution in [0.25, 0.3) is 11.5 Å². The fourth-order valence-electron chi connectivity index (χ4n) is 2.21.